The van der Waals surface area contributed by atoms with Crippen LogP contribution >= 0.6 is 0 Å². The molecule has 3 heterocycles. The Bertz CT molecular complexity index is 653. The lowest BCUT2D eigenvalue weighted by Crippen LogP contribution is -2.38. The molecule has 24 heavy (non-hydrogen) atoms. The zero-order chi connectivity index (χ0) is 17.1. The second-order valence-corrected chi connectivity index (χ2v) is 7.48. The first kappa shape index (κ1) is 17.1. The van der Waals surface area contributed by atoms with Gasteiger partial charge in [0.25, 0.3) is 0 Å². The van der Waals surface area contributed by atoms with E-state index >= 15 is 0 Å². The lowest BCUT2D eigenvalue weighted by molar-refractivity contribution is 0.149. The molecule has 0 N–H and O–H groups in total. The van der Waals surface area contributed by atoms with Crippen molar-refractivity contribution >= 4 is 0 Å². The number of hydrogen-bond acceptors (Lipinski definition) is 4. The third-order valence-corrected chi connectivity index (χ3v) is 4.99. The Morgan fingerprint density at radius 2 is 1.79 bits per heavy atom. The van der Waals surface area contributed by atoms with Crippen molar-refractivity contribution in [2.24, 2.45) is 5.92 Å². The van der Waals surface area contributed by atoms with Gasteiger partial charge in [-0.1, -0.05) is 0 Å². The van der Waals surface area contributed by atoms with Gasteiger partial charge in [0, 0.05) is 30.0 Å². The molecule has 0 radical (unpaired) electrons. The van der Waals surface area contributed by atoms with Crippen LogP contribution in [0.15, 0.2) is 24.8 Å². The molecule has 0 bridgehead atoms. The minimum atomic E-state index is 0.362. The number of hydrogen-bond donors (Lipinski definition) is 0. The molecule has 0 unspecified atom stereocenters. The third-order valence-electron chi connectivity index (χ3n) is 4.99. The molecule has 5 nitrogen and oxygen atoms in total. The molecular weight excluding hydrogens is 298 g/mol. The van der Waals surface area contributed by atoms with Crippen LogP contribution in [0.4, 0.5) is 0 Å². The van der Waals surface area contributed by atoms with Gasteiger partial charge >= 0.3 is 0 Å². The molecule has 0 saturated carbocycles. The van der Waals surface area contributed by atoms with Crippen LogP contribution in [0.5, 0.6) is 0 Å². The summed E-state index contributed by atoms with van der Waals surface area (Å²) in [5.74, 6) is 0.725. The predicted molar refractivity (Wildman–Crippen MR) is 96.8 cm³/mol. The molecule has 0 amide bonds. The highest BCUT2D eigenvalue weighted by Crippen LogP contribution is 2.23. The van der Waals surface area contributed by atoms with Crippen molar-refractivity contribution < 1.29 is 0 Å². The van der Waals surface area contributed by atoms with Crippen LogP contribution in [0.3, 0.4) is 0 Å². The Morgan fingerprint density at radius 3 is 2.42 bits per heavy atom. The second-order valence-electron chi connectivity index (χ2n) is 7.48. The zero-order valence-electron chi connectivity index (χ0n) is 15.3. The van der Waals surface area contributed by atoms with Crippen molar-refractivity contribution in [2.45, 2.75) is 59.0 Å². The van der Waals surface area contributed by atoms with Crippen LogP contribution in [-0.2, 0) is 6.42 Å². The Morgan fingerprint density at radius 1 is 1.04 bits per heavy atom. The number of nitrogens with zero attached hydrogens (tertiary/aromatic N) is 5. The minimum Gasteiger partial charge on any atom is -0.301 e. The van der Waals surface area contributed by atoms with E-state index in [2.05, 4.69) is 48.9 Å². The van der Waals surface area contributed by atoms with Gasteiger partial charge in [0.2, 0.25) is 0 Å². The largest absolute Gasteiger partial charge is 0.301 e. The second kappa shape index (κ2) is 7.43. The van der Waals surface area contributed by atoms with Crippen LogP contribution in [0, 0.1) is 5.92 Å². The quantitative estimate of drug-likeness (QED) is 0.842. The topological polar surface area (TPSA) is 46.8 Å². The highest BCUT2D eigenvalue weighted by Gasteiger charge is 2.21. The summed E-state index contributed by atoms with van der Waals surface area (Å²) in [6.07, 6.45) is 11.3. The van der Waals surface area contributed by atoms with E-state index in [1.54, 1.807) is 0 Å². The van der Waals surface area contributed by atoms with Crippen molar-refractivity contribution in [3.05, 3.63) is 30.5 Å². The van der Waals surface area contributed by atoms with Crippen LogP contribution in [0.2, 0.25) is 0 Å². The Kier molecular flexibility index (Phi) is 5.29. The van der Waals surface area contributed by atoms with E-state index in [-0.39, 0.29) is 0 Å². The maximum atomic E-state index is 4.83. The molecule has 2 aromatic heterocycles. The minimum absolute atomic E-state index is 0.362. The SMILES string of the molecule is CC(C)N1CCC(Cc2cncc(-c3cnn(C(C)C)c3)n2)CC1. The molecular formula is C19H29N5. The normalized spacial score (nSPS) is 17.1. The van der Waals surface area contributed by atoms with Gasteiger partial charge in [-0.2, -0.15) is 5.10 Å². The first-order valence-electron chi connectivity index (χ1n) is 9.12. The summed E-state index contributed by atoms with van der Waals surface area (Å²) >= 11 is 0. The molecule has 1 saturated heterocycles. The van der Waals surface area contributed by atoms with Gasteiger partial charge < -0.3 is 4.90 Å². The van der Waals surface area contributed by atoms with Crippen LogP contribution < -0.4 is 0 Å². The predicted octanol–water partition coefficient (Wildman–Crippen LogP) is 3.58. The molecule has 0 aliphatic carbocycles. The Hall–Kier alpha value is -1.75. The Balaban J connectivity index is 1.65. The number of likely N-dealkylation sites (tertiary alicyclic amines) is 1. The summed E-state index contributed by atoms with van der Waals surface area (Å²) in [6.45, 7) is 11.2. The number of aromatic nitrogens is 4. The van der Waals surface area contributed by atoms with Gasteiger partial charge in [-0.05, 0) is 66.0 Å². The maximum Gasteiger partial charge on any atom is 0.0920 e. The van der Waals surface area contributed by atoms with Crippen LogP contribution in [0.25, 0.3) is 11.3 Å². The van der Waals surface area contributed by atoms with Crippen molar-refractivity contribution in [3.8, 4) is 11.3 Å². The van der Waals surface area contributed by atoms with E-state index in [0.717, 1.165) is 29.3 Å². The van der Waals surface area contributed by atoms with Crippen molar-refractivity contribution in [1.29, 1.82) is 0 Å². The summed E-state index contributed by atoms with van der Waals surface area (Å²) in [5, 5.41) is 4.41. The highest BCUT2D eigenvalue weighted by molar-refractivity contribution is 5.55. The van der Waals surface area contributed by atoms with Gasteiger partial charge in [0.1, 0.15) is 0 Å². The molecule has 130 valence electrons. The van der Waals surface area contributed by atoms with Gasteiger partial charge in [-0.25, -0.2) is 4.98 Å². The summed E-state index contributed by atoms with van der Waals surface area (Å²) in [4.78, 5) is 11.8. The smallest absolute Gasteiger partial charge is 0.0920 e. The summed E-state index contributed by atoms with van der Waals surface area (Å²) in [6, 6.07) is 1.02. The molecule has 2 aromatic rings. The average molecular weight is 327 g/mol. The van der Waals surface area contributed by atoms with E-state index in [1.165, 1.54) is 25.9 Å². The van der Waals surface area contributed by atoms with Crippen LogP contribution in [-0.4, -0.2) is 43.8 Å². The molecule has 1 fully saturated rings. The average Bonchev–Trinajstić information content (AvgIpc) is 3.06. The van der Waals surface area contributed by atoms with Crippen molar-refractivity contribution in [2.75, 3.05) is 13.1 Å². The first-order chi connectivity index (χ1) is 11.5. The molecule has 5 heteroatoms. The first-order valence-corrected chi connectivity index (χ1v) is 9.12. The van der Waals surface area contributed by atoms with Gasteiger partial charge in [0.15, 0.2) is 0 Å². The Labute approximate surface area is 145 Å². The van der Waals surface area contributed by atoms with Crippen molar-refractivity contribution in [3.63, 3.8) is 0 Å². The summed E-state index contributed by atoms with van der Waals surface area (Å²) in [5.41, 5.74) is 3.08. The van der Waals surface area contributed by atoms with E-state index in [1.807, 2.05) is 23.3 Å². The molecule has 0 atom stereocenters. The highest BCUT2D eigenvalue weighted by atomic mass is 15.3. The maximum absolute atomic E-state index is 4.83. The van der Waals surface area contributed by atoms with Gasteiger partial charge in [-0.3, -0.25) is 9.67 Å². The molecule has 0 aromatic carbocycles. The molecule has 3 rings (SSSR count). The van der Waals surface area contributed by atoms with Gasteiger partial charge in [0.05, 0.1) is 23.8 Å². The fraction of sp³-hybridized carbons (Fsp3) is 0.632. The van der Waals surface area contributed by atoms with Crippen LogP contribution in [0.1, 0.15) is 52.3 Å². The standard InChI is InChI=1S/C19H29N5/c1-14(2)23-7-5-16(6-8-23)9-18-11-20-12-19(22-18)17-10-21-24(13-17)15(3)4/h10-16H,5-9H2,1-4H3. The van der Waals surface area contributed by atoms with E-state index in [9.17, 15) is 0 Å². The lowest BCUT2D eigenvalue weighted by Gasteiger charge is -2.34. The monoisotopic (exact) mass is 327 g/mol. The fourth-order valence-electron chi connectivity index (χ4n) is 3.37. The molecule has 1 aliphatic rings. The zero-order valence-corrected chi connectivity index (χ0v) is 15.3. The summed E-state index contributed by atoms with van der Waals surface area (Å²) in [7, 11) is 0. The molecule has 0 spiro atoms. The van der Waals surface area contributed by atoms with Crippen molar-refractivity contribution in [1.82, 2.24) is 24.6 Å². The lowest BCUT2D eigenvalue weighted by atomic mass is 9.91. The number of piperidine rings is 1. The third kappa shape index (κ3) is 4.01. The fourth-order valence-corrected chi connectivity index (χ4v) is 3.37. The summed E-state index contributed by atoms with van der Waals surface area (Å²) < 4.78 is 1.96. The van der Waals surface area contributed by atoms with E-state index in [0.29, 0.717) is 12.1 Å². The molecule has 1 aliphatic heterocycles. The van der Waals surface area contributed by atoms with E-state index < -0.39 is 0 Å². The van der Waals surface area contributed by atoms with E-state index in [4.69, 9.17) is 4.98 Å². The number of rotatable bonds is 5. The van der Waals surface area contributed by atoms with Gasteiger partial charge in [-0.15, -0.1) is 0 Å².